The van der Waals surface area contributed by atoms with Gasteiger partial charge in [-0.2, -0.15) is 0 Å². The molecule has 0 saturated carbocycles. The van der Waals surface area contributed by atoms with Crippen LogP contribution < -0.4 is 16.0 Å². The second kappa shape index (κ2) is 8.33. The van der Waals surface area contributed by atoms with Gasteiger partial charge in [-0.1, -0.05) is 12.1 Å². The first-order valence-electron chi connectivity index (χ1n) is 7.49. The van der Waals surface area contributed by atoms with Crippen LogP contribution >= 0.6 is 11.3 Å². The molecule has 0 radical (unpaired) electrons. The molecule has 1 unspecified atom stereocenters. The maximum absolute atomic E-state index is 12.1. The van der Waals surface area contributed by atoms with Crippen LogP contribution in [0.15, 0.2) is 41.8 Å². The largest absolute Gasteiger partial charge is 0.374 e. The number of benzene rings is 1. The zero-order valence-corrected chi connectivity index (χ0v) is 14.1. The highest BCUT2D eigenvalue weighted by Crippen LogP contribution is 2.12. The molecule has 0 aliphatic rings. The number of hydrogen-bond donors (Lipinski definition) is 3. The first-order valence-corrected chi connectivity index (χ1v) is 8.37. The van der Waals surface area contributed by atoms with Crippen molar-refractivity contribution in [2.45, 2.75) is 19.4 Å². The lowest BCUT2D eigenvalue weighted by Crippen LogP contribution is -2.38. The van der Waals surface area contributed by atoms with Crippen molar-refractivity contribution in [3.05, 3.63) is 52.2 Å². The number of amides is 2. The van der Waals surface area contributed by atoms with Crippen LogP contribution in [-0.2, 0) is 11.2 Å². The predicted molar refractivity (Wildman–Crippen MR) is 93.9 cm³/mol. The van der Waals surface area contributed by atoms with Gasteiger partial charge >= 0.3 is 0 Å². The molecule has 23 heavy (non-hydrogen) atoms. The van der Waals surface area contributed by atoms with E-state index in [9.17, 15) is 9.59 Å². The van der Waals surface area contributed by atoms with E-state index >= 15 is 0 Å². The number of anilines is 1. The average Bonchev–Trinajstić information content (AvgIpc) is 3.07. The third kappa shape index (κ3) is 5.10. The fraction of sp³-hybridized carbons (Fsp3) is 0.294. The maximum Gasteiger partial charge on any atom is 0.251 e. The Balaban J connectivity index is 1.84. The van der Waals surface area contributed by atoms with Crippen molar-refractivity contribution >= 4 is 28.8 Å². The van der Waals surface area contributed by atoms with Crippen LogP contribution in [0.25, 0.3) is 0 Å². The minimum absolute atomic E-state index is 0.0631. The lowest BCUT2D eigenvalue weighted by molar-refractivity contribution is -0.121. The van der Waals surface area contributed by atoms with Gasteiger partial charge in [-0.15, -0.1) is 11.3 Å². The van der Waals surface area contributed by atoms with Crippen molar-refractivity contribution in [3.8, 4) is 0 Å². The van der Waals surface area contributed by atoms with Crippen LogP contribution in [0.3, 0.4) is 0 Å². The highest BCUT2D eigenvalue weighted by Gasteiger charge is 2.13. The fourth-order valence-electron chi connectivity index (χ4n) is 2.13. The molecular weight excluding hydrogens is 310 g/mol. The standard InChI is InChI=1S/C17H21N3O2S/c1-12(16(21)19-9-8-15-7-4-10-23-15)20-14-6-3-5-13(11-14)17(22)18-2/h3-7,10-12,20H,8-9H2,1-2H3,(H,18,22)(H,19,21). The summed E-state index contributed by atoms with van der Waals surface area (Å²) in [4.78, 5) is 25.0. The Kier molecular flexibility index (Phi) is 6.17. The lowest BCUT2D eigenvalue weighted by atomic mass is 10.1. The highest BCUT2D eigenvalue weighted by molar-refractivity contribution is 7.09. The summed E-state index contributed by atoms with van der Waals surface area (Å²) in [5.41, 5.74) is 1.30. The molecule has 1 aromatic heterocycles. The number of carbonyl (C=O) groups is 2. The molecule has 3 N–H and O–H groups in total. The van der Waals surface area contributed by atoms with E-state index in [-0.39, 0.29) is 17.9 Å². The van der Waals surface area contributed by atoms with Gasteiger partial charge in [0.2, 0.25) is 5.91 Å². The molecule has 1 heterocycles. The van der Waals surface area contributed by atoms with E-state index in [2.05, 4.69) is 22.0 Å². The molecule has 5 nitrogen and oxygen atoms in total. The molecule has 0 saturated heterocycles. The molecule has 0 spiro atoms. The molecule has 1 atom stereocenters. The van der Waals surface area contributed by atoms with E-state index in [4.69, 9.17) is 0 Å². The lowest BCUT2D eigenvalue weighted by Gasteiger charge is -2.15. The first-order chi connectivity index (χ1) is 11.1. The van der Waals surface area contributed by atoms with E-state index < -0.39 is 0 Å². The second-order valence-electron chi connectivity index (χ2n) is 5.15. The maximum atomic E-state index is 12.1. The first kappa shape index (κ1) is 17.0. The monoisotopic (exact) mass is 331 g/mol. The van der Waals surface area contributed by atoms with E-state index in [1.165, 1.54) is 4.88 Å². The van der Waals surface area contributed by atoms with Crippen molar-refractivity contribution in [1.82, 2.24) is 10.6 Å². The topological polar surface area (TPSA) is 70.2 Å². The van der Waals surface area contributed by atoms with Gasteiger partial charge in [0.25, 0.3) is 5.91 Å². The number of nitrogens with one attached hydrogen (secondary N) is 3. The smallest absolute Gasteiger partial charge is 0.251 e. The Hall–Kier alpha value is -2.34. The molecule has 2 aromatic rings. The Morgan fingerprint density at radius 2 is 2.04 bits per heavy atom. The van der Waals surface area contributed by atoms with Crippen molar-refractivity contribution in [2.24, 2.45) is 0 Å². The summed E-state index contributed by atoms with van der Waals surface area (Å²) in [7, 11) is 1.59. The third-order valence-corrected chi connectivity index (χ3v) is 4.32. The minimum atomic E-state index is -0.377. The summed E-state index contributed by atoms with van der Waals surface area (Å²) >= 11 is 1.69. The summed E-state index contributed by atoms with van der Waals surface area (Å²) < 4.78 is 0. The number of rotatable bonds is 7. The number of carbonyl (C=O) groups excluding carboxylic acids is 2. The predicted octanol–water partition coefficient (Wildman–Crippen LogP) is 2.27. The van der Waals surface area contributed by atoms with E-state index in [0.29, 0.717) is 12.1 Å². The quantitative estimate of drug-likeness (QED) is 0.729. The summed E-state index contributed by atoms with van der Waals surface area (Å²) in [6.45, 7) is 2.41. The van der Waals surface area contributed by atoms with Crippen LogP contribution in [0.1, 0.15) is 22.2 Å². The molecule has 122 valence electrons. The van der Waals surface area contributed by atoms with Gasteiger partial charge < -0.3 is 16.0 Å². The third-order valence-electron chi connectivity index (χ3n) is 3.38. The summed E-state index contributed by atoms with van der Waals surface area (Å²) in [5.74, 6) is -0.214. The molecule has 0 aliphatic heterocycles. The summed E-state index contributed by atoms with van der Waals surface area (Å²) in [6.07, 6.45) is 0.836. The molecule has 2 rings (SSSR count). The number of hydrogen-bond acceptors (Lipinski definition) is 4. The summed E-state index contributed by atoms with van der Waals surface area (Å²) in [5, 5.41) is 10.6. The molecule has 6 heteroatoms. The molecular formula is C17H21N3O2S. The van der Waals surface area contributed by atoms with Crippen molar-refractivity contribution in [2.75, 3.05) is 18.9 Å². The molecule has 1 aromatic carbocycles. The Labute approximate surface area is 140 Å². The minimum Gasteiger partial charge on any atom is -0.374 e. The van der Waals surface area contributed by atoms with Crippen molar-refractivity contribution in [1.29, 1.82) is 0 Å². The van der Waals surface area contributed by atoms with Crippen LogP contribution in [0.2, 0.25) is 0 Å². The van der Waals surface area contributed by atoms with Gasteiger partial charge in [0, 0.05) is 29.7 Å². The Bertz CT molecular complexity index is 656. The van der Waals surface area contributed by atoms with Crippen LogP contribution in [-0.4, -0.2) is 31.4 Å². The van der Waals surface area contributed by atoms with Gasteiger partial charge in [-0.05, 0) is 43.0 Å². The zero-order chi connectivity index (χ0) is 16.7. The normalized spacial score (nSPS) is 11.6. The highest BCUT2D eigenvalue weighted by atomic mass is 32.1. The van der Waals surface area contributed by atoms with Crippen molar-refractivity contribution in [3.63, 3.8) is 0 Å². The van der Waals surface area contributed by atoms with Crippen molar-refractivity contribution < 1.29 is 9.59 Å². The Morgan fingerprint density at radius 1 is 1.22 bits per heavy atom. The molecule has 0 bridgehead atoms. The van der Waals surface area contributed by atoms with Crippen LogP contribution in [0.4, 0.5) is 5.69 Å². The fourth-order valence-corrected chi connectivity index (χ4v) is 2.84. The van der Waals surface area contributed by atoms with E-state index in [1.807, 2.05) is 17.5 Å². The second-order valence-corrected chi connectivity index (χ2v) is 6.18. The van der Waals surface area contributed by atoms with Crippen LogP contribution in [0.5, 0.6) is 0 Å². The average molecular weight is 331 g/mol. The molecule has 0 fully saturated rings. The number of thiophene rings is 1. The van der Waals surface area contributed by atoms with Gasteiger partial charge in [0.1, 0.15) is 6.04 Å². The van der Waals surface area contributed by atoms with E-state index in [1.54, 1.807) is 43.5 Å². The van der Waals surface area contributed by atoms with Gasteiger partial charge in [0.15, 0.2) is 0 Å². The van der Waals surface area contributed by atoms with Gasteiger partial charge in [-0.3, -0.25) is 9.59 Å². The van der Waals surface area contributed by atoms with Crippen LogP contribution in [0, 0.1) is 0 Å². The van der Waals surface area contributed by atoms with Gasteiger partial charge in [-0.25, -0.2) is 0 Å². The zero-order valence-electron chi connectivity index (χ0n) is 13.3. The molecule has 2 amide bonds. The summed E-state index contributed by atoms with van der Waals surface area (Å²) in [6, 6.07) is 10.8. The SMILES string of the molecule is CNC(=O)c1cccc(NC(C)C(=O)NCCc2cccs2)c1. The Morgan fingerprint density at radius 3 is 2.74 bits per heavy atom. The van der Waals surface area contributed by atoms with E-state index in [0.717, 1.165) is 12.1 Å². The van der Waals surface area contributed by atoms with Gasteiger partial charge in [0.05, 0.1) is 0 Å². The molecule has 0 aliphatic carbocycles.